The van der Waals surface area contributed by atoms with Crippen LogP contribution >= 0.6 is 0 Å². The molecule has 2 nitrogen and oxygen atoms in total. The summed E-state index contributed by atoms with van der Waals surface area (Å²) in [5.74, 6) is -0.696. The minimum Gasteiger partial charge on any atom is -0.494 e. The van der Waals surface area contributed by atoms with Gasteiger partial charge in [0, 0.05) is 11.6 Å². The quantitative estimate of drug-likeness (QED) is 0.923. The van der Waals surface area contributed by atoms with Gasteiger partial charge in [-0.2, -0.15) is 0 Å². The molecule has 0 amide bonds. The molecule has 0 aromatic heterocycles. The molecule has 0 aliphatic rings. The van der Waals surface area contributed by atoms with E-state index in [0.717, 1.165) is 6.07 Å². The molecule has 0 saturated heterocycles. The molecule has 1 atom stereocenters. The van der Waals surface area contributed by atoms with Gasteiger partial charge in [-0.25, -0.2) is 8.78 Å². The molecule has 2 rings (SSSR count). The number of halogens is 2. The number of aryl methyl sites for hydroxylation is 1. The minimum atomic E-state index is -1.13. The normalized spacial score (nSPS) is 12.2. The zero-order valence-electron chi connectivity index (χ0n) is 11.4. The highest BCUT2D eigenvalue weighted by Gasteiger charge is 2.17. The third kappa shape index (κ3) is 2.96. The predicted octanol–water partition coefficient (Wildman–Crippen LogP) is 3.75. The Morgan fingerprint density at radius 1 is 1.10 bits per heavy atom. The summed E-state index contributed by atoms with van der Waals surface area (Å²) in [6, 6.07) is 8.85. The smallest absolute Gasteiger partial charge is 0.132 e. The lowest BCUT2D eigenvalue weighted by molar-refractivity contribution is 0.214. The second-order valence-electron chi connectivity index (χ2n) is 4.53. The van der Waals surface area contributed by atoms with Crippen LogP contribution in [0.25, 0.3) is 0 Å². The Morgan fingerprint density at radius 2 is 1.75 bits per heavy atom. The fourth-order valence-electron chi connectivity index (χ4n) is 1.98. The monoisotopic (exact) mass is 278 g/mol. The van der Waals surface area contributed by atoms with E-state index in [1.54, 1.807) is 24.3 Å². The van der Waals surface area contributed by atoms with E-state index in [4.69, 9.17) is 4.74 Å². The molecule has 0 heterocycles. The number of rotatable bonds is 4. The van der Waals surface area contributed by atoms with Crippen molar-refractivity contribution in [1.29, 1.82) is 0 Å². The first-order valence-electron chi connectivity index (χ1n) is 6.39. The summed E-state index contributed by atoms with van der Waals surface area (Å²) in [6.07, 6.45) is -1.13. The molecule has 2 aromatic rings. The summed E-state index contributed by atoms with van der Waals surface area (Å²) in [6.45, 7) is 3.95. The molecule has 20 heavy (non-hydrogen) atoms. The van der Waals surface area contributed by atoms with Crippen LogP contribution in [0.5, 0.6) is 5.75 Å². The molecule has 106 valence electrons. The van der Waals surface area contributed by atoms with E-state index in [-0.39, 0.29) is 5.56 Å². The molecule has 0 fully saturated rings. The van der Waals surface area contributed by atoms with Crippen LogP contribution in [0.1, 0.15) is 29.7 Å². The molecule has 0 aliphatic carbocycles. The maximum Gasteiger partial charge on any atom is 0.132 e. The first-order valence-corrected chi connectivity index (χ1v) is 6.39. The molecular formula is C16H16F2O2. The van der Waals surface area contributed by atoms with Crippen LogP contribution in [0.2, 0.25) is 0 Å². The van der Waals surface area contributed by atoms with Gasteiger partial charge < -0.3 is 9.84 Å². The highest BCUT2D eigenvalue weighted by molar-refractivity contribution is 5.36. The Kier molecular flexibility index (Phi) is 4.35. The van der Waals surface area contributed by atoms with Crippen molar-refractivity contribution in [1.82, 2.24) is 0 Å². The maximum atomic E-state index is 13.7. The van der Waals surface area contributed by atoms with Crippen LogP contribution in [-0.4, -0.2) is 11.7 Å². The van der Waals surface area contributed by atoms with E-state index in [0.29, 0.717) is 23.5 Å². The van der Waals surface area contributed by atoms with Crippen molar-refractivity contribution in [3.05, 3.63) is 64.7 Å². The fraction of sp³-hybridized carbons (Fsp3) is 0.250. The van der Waals surface area contributed by atoms with Crippen LogP contribution in [0.15, 0.2) is 36.4 Å². The molecule has 0 spiro atoms. The van der Waals surface area contributed by atoms with Crippen molar-refractivity contribution in [2.24, 2.45) is 0 Å². The highest BCUT2D eigenvalue weighted by atomic mass is 19.1. The Morgan fingerprint density at radius 3 is 2.35 bits per heavy atom. The molecule has 1 N–H and O–H groups in total. The van der Waals surface area contributed by atoms with E-state index < -0.39 is 17.7 Å². The number of aliphatic hydroxyl groups is 1. The van der Waals surface area contributed by atoms with Gasteiger partial charge in [0.1, 0.15) is 23.5 Å². The third-order valence-electron chi connectivity index (χ3n) is 3.08. The van der Waals surface area contributed by atoms with Crippen LogP contribution in [-0.2, 0) is 0 Å². The van der Waals surface area contributed by atoms with Crippen LogP contribution in [0.4, 0.5) is 8.78 Å². The Bertz CT molecular complexity index is 594. The SMILES string of the molecule is CCOc1ccc(C(O)c2cc(C)c(F)cc2F)cc1. The lowest BCUT2D eigenvalue weighted by Gasteiger charge is -2.14. The number of aliphatic hydroxyl groups excluding tert-OH is 1. The second-order valence-corrected chi connectivity index (χ2v) is 4.53. The number of hydrogen-bond acceptors (Lipinski definition) is 2. The molecule has 2 aromatic carbocycles. The summed E-state index contributed by atoms with van der Waals surface area (Å²) in [7, 11) is 0. The minimum absolute atomic E-state index is 0.0630. The number of hydrogen-bond donors (Lipinski definition) is 1. The Balaban J connectivity index is 2.31. The van der Waals surface area contributed by atoms with E-state index in [1.165, 1.54) is 13.0 Å². The van der Waals surface area contributed by atoms with E-state index in [1.807, 2.05) is 6.92 Å². The van der Waals surface area contributed by atoms with Gasteiger partial charge in [0.25, 0.3) is 0 Å². The summed E-state index contributed by atoms with van der Waals surface area (Å²) in [5, 5.41) is 10.2. The second kappa shape index (κ2) is 6.01. The van der Waals surface area contributed by atoms with Gasteiger partial charge >= 0.3 is 0 Å². The van der Waals surface area contributed by atoms with Gasteiger partial charge in [0.15, 0.2) is 0 Å². The van der Waals surface area contributed by atoms with Gasteiger partial charge in [-0.05, 0) is 43.2 Å². The fourth-order valence-corrected chi connectivity index (χ4v) is 1.98. The van der Waals surface area contributed by atoms with Crippen LogP contribution in [0, 0.1) is 18.6 Å². The standard InChI is InChI=1S/C16H16F2O2/c1-3-20-12-6-4-11(5-7-12)16(19)13-8-10(2)14(17)9-15(13)18/h4-9,16,19H,3H2,1-2H3. The molecule has 4 heteroatoms. The third-order valence-corrected chi connectivity index (χ3v) is 3.08. The van der Waals surface area contributed by atoms with E-state index in [2.05, 4.69) is 0 Å². The van der Waals surface area contributed by atoms with Crippen molar-refractivity contribution >= 4 is 0 Å². The number of ether oxygens (including phenoxy) is 1. The van der Waals surface area contributed by atoms with Crippen molar-refractivity contribution in [2.75, 3.05) is 6.61 Å². The number of benzene rings is 2. The van der Waals surface area contributed by atoms with E-state index >= 15 is 0 Å². The van der Waals surface area contributed by atoms with E-state index in [9.17, 15) is 13.9 Å². The van der Waals surface area contributed by atoms with Crippen molar-refractivity contribution < 1.29 is 18.6 Å². The van der Waals surface area contributed by atoms with Crippen molar-refractivity contribution in [3.8, 4) is 5.75 Å². The lowest BCUT2D eigenvalue weighted by atomic mass is 9.99. The van der Waals surface area contributed by atoms with Gasteiger partial charge in [0.05, 0.1) is 6.61 Å². The zero-order valence-corrected chi connectivity index (χ0v) is 11.4. The average Bonchev–Trinajstić information content (AvgIpc) is 2.43. The first-order chi connectivity index (χ1) is 9.52. The summed E-state index contributed by atoms with van der Waals surface area (Å²) < 4.78 is 32.3. The van der Waals surface area contributed by atoms with Gasteiger partial charge in [-0.15, -0.1) is 0 Å². The summed E-state index contributed by atoms with van der Waals surface area (Å²) in [5.41, 5.74) is 0.887. The maximum absolute atomic E-state index is 13.7. The molecule has 0 bridgehead atoms. The van der Waals surface area contributed by atoms with Gasteiger partial charge in [-0.1, -0.05) is 12.1 Å². The predicted molar refractivity (Wildman–Crippen MR) is 72.8 cm³/mol. The van der Waals surface area contributed by atoms with Crippen molar-refractivity contribution in [2.45, 2.75) is 20.0 Å². The topological polar surface area (TPSA) is 29.5 Å². The van der Waals surface area contributed by atoms with Gasteiger partial charge in [-0.3, -0.25) is 0 Å². The molecule has 0 saturated carbocycles. The summed E-state index contributed by atoms with van der Waals surface area (Å²) in [4.78, 5) is 0. The lowest BCUT2D eigenvalue weighted by Crippen LogP contribution is -2.04. The first kappa shape index (κ1) is 14.5. The molecule has 1 unspecified atom stereocenters. The van der Waals surface area contributed by atoms with Crippen LogP contribution in [0.3, 0.4) is 0 Å². The zero-order chi connectivity index (χ0) is 14.7. The Hall–Kier alpha value is -1.94. The molecule has 0 aliphatic heterocycles. The highest BCUT2D eigenvalue weighted by Crippen LogP contribution is 2.27. The van der Waals surface area contributed by atoms with Crippen molar-refractivity contribution in [3.63, 3.8) is 0 Å². The average molecular weight is 278 g/mol. The molecule has 0 radical (unpaired) electrons. The Labute approximate surface area is 116 Å². The van der Waals surface area contributed by atoms with Gasteiger partial charge in [0.2, 0.25) is 0 Å². The largest absolute Gasteiger partial charge is 0.494 e. The molecular weight excluding hydrogens is 262 g/mol. The summed E-state index contributed by atoms with van der Waals surface area (Å²) >= 11 is 0. The van der Waals surface area contributed by atoms with Crippen LogP contribution < -0.4 is 4.74 Å².